The first-order valence-corrected chi connectivity index (χ1v) is 10.6. The van der Waals surface area contributed by atoms with Crippen LogP contribution in [0.5, 0.6) is 0 Å². The van der Waals surface area contributed by atoms with Gasteiger partial charge in [-0.25, -0.2) is 4.39 Å². The molecule has 1 unspecified atom stereocenters. The minimum Gasteiger partial charge on any atom is -0.464 e. The molecule has 168 valence electrons. The van der Waals surface area contributed by atoms with Crippen LogP contribution in [0.25, 0.3) is 11.0 Å². The number of carbonyl (C=O) groups is 2. The number of rotatable bonds is 8. The molecule has 0 bridgehead atoms. The molecule has 0 radical (unpaired) electrons. The SMILES string of the molecule is CCC(C)N(CC(=O)N(Cc1ccc(F)cc1)Cc1coc2ccccc2c1=O)C(C)=O. The zero-order chi connectivity index (χ0) is 23.3. The van der Waals surface area contributed by atoms with Crippen LogP contribution in [0.3, 0.4) is 0 Å². The first kappa shape index (κ1) is 23.2. The van der Waals surface area contributed by atoms with Crippen LogP contribution in [0.15, 0.2) is 64.0 Å². The van der Waals surface area contributed by atoms with E-state index in [1.807, 2.05) is 13.8 Å². The Labute approximate surface area is 186 Å². The second kappa shape index (κ2) is 10.2. The van der Waals surface area contributed by atoms with Crippen molar-refractivity contribution in [1.29, 1.82) is 0 Å². The Balaban J connectivity index is 1.92. The van der Waals surface area contributed by atoms with Gasteiger partial charge in [0.2, 0.25) is 11.8 Å². The molecule has 7 heteroatoms. The van der Waals surface area contributed by atoms with Crippen molar-refractivity contribution >= 4 is 22.8 Å². The summed E-state index contributed by atoms with van der Waals surface area (Å²) in [5.41, 5.74) is 1.30. The van der Waals surface area contributed by atoms with Crippen molar-refractivity contribution in [2.45, 2.75) is 46.3 Å². The zero-order valence-corrected chi connectivity index (χ0v) is 18.5. The van der Waals surface area contributed by atoms with Crippen molar-refractivity contribution in [3.63, 3.8) is 0 Å². The van der Waals surface area contributed by atoms with E-state index in [1.165, 1.54) is 35.1 Å². The summed E-state index contributed by atoms with van der Waals surface area (Å²) >= 11 is 0. The monoisotopic (exact) mass is 438 g/mol. The van der Waals surface area contributed by atoms with Gasteiger partial charge in [0.15, 0.2) is 5.43 Å². The van der Waals surface area contributed by atoms with Crippen molar-refractivity contribution in [1.82, 2.24) is 9.80 Å². The van der Waals surface area contributed by atoms with Crippen LogP contribution in [0.1, 0.15) is 38.3 Å². The average molecular weight is 438 g/mol. The predicted molar refractivity (Wildman–Crippen MR) is 120 cm³/mol. The number of nitrogens with zero attached hydrogens (tertiary/aromatic N) is 2. The van der Waals surface area contributed by atoms with E-state index in [0.29, 0.717) is 28.5 Å². The van der Waals surface area contributed by atoms with Crippen LogP contribution in [0.4, 0.5) is 4.39 Å². The summed E-state index contributed by atoms with van der Waals surface area (Å²) in [4.78, 5) is 41.3. The van der Waals surface area contributed by atoms with Gasteiger partial charge in [-0.1, -0.05) is 31.2 Å². The fourth-order valence-corrected chi connectivity index (χ4v) is 3.52. The summed E-state index contributed by atoms with van der Waals surface area (Å²) in [6.07, 6.45) is 2.08. The first-order chi connectivity index (χ1) is 15.3. The Bertz CT molecular complexity index is 1160. The van der Waals surface area contributed by atoms with Gasteiger partial charge < -0.3 is 14.2 Å². The van der Waals surface area contributed by atoms with Crippen LogP contribution < -0.4 is 5.43 Å². The molecule has 3 aromatic rings. The Kier molecular flexibility index (Phi) is 7.41. The van der Waals surface area contributed by atoms with E-state index in [0.717, 1.165) is 0 Å². The molecule has 32 heavy (non-hydrogen) atoms. The van der Waals surface area contributed by atoms with Crippen molar-refractivity contribution in [3.8, 4) is 0 Å². The molecule has 1 heterocycles. The number of halogens is 1. The summed E-state index contributed by atoms with van der Waals surface area (Å²) < 4.78 is 18.9. The van der Waals surface area contributed by atoms with Crippen molar-refractivity contribution in [3.05, 3.63) is 82.0 Å². The highest BCUT2D eigenvalue weighted by atomic mass is 19.1. The van der Waals surface area contributed by atoms with Crippen LogP contribution in [-0.4, -0.2) is 34.2 Å². The minimum atomic E-state index is -0.374. The summed E-state index contributed by atoms with van der Waals surface area (Å²) in [6.45, 7) is 5.33. The largest absolute Gasteiger partial charge is 0.464 e. The third kappa shape index (κ3) is 5.41. The number of benzene rings is 2. The van der Waals surface area contributed by atoms with Gasteiger partial charge >= 0.3 is 0 Å². The molecule has 1 aromatic heterocycles. The van der Waals surface area contributed by atoms with E-state index in [1.54, 1.807) is 36.4 Å². The molecule has 0 saturated carbocycles. The molecule has 0 spiro atoms. The lowest BCUT2D eigenvalue weighted by molar-refractivity contribution is -0.141. The fraction of sp³-hybridized carbons (Fsp3) is 0.320. The maximum absolute atomic E-state index is 13.3. The third-order valence-corrected chi connectivity index (χ3v) is 5.59. The van der Waals surface area contributed by atoms with Crippen LogP contribution in [0.2, 0.25) is 0 Å². The second-order valence-electron chi connectivity index (χ2n) is 7.87. The fourth-order valence-electron chi connectivity index (χ4n) is 3.52. The second-order valence-corrected chi connectivity index (χ2v) is 7.87. The van der Waals surface area contributed by atoms with Crippen LogP contribution in [-0.2, 0) is 22.7 Å². The minimum absolute atomic E-state index is 0.00955. The molecular formula is C25H27FN2O4. The first-order valence-electron chi connectivity index (χ1n) is 10.6. The lowest BCUT2D eigenvalue weighted by atomic mass is 10.1. The molecular weight excluding hydrogens is 411 g/mol. The highest BCUT2D eigenvalue weighted by Crippen LogP contribution is 2.15. The molecule has 3 rings (SSSR count). The average Bonchev–Trinajstić information content (AvgIpc) is 2.79. The number of amides is 2. The lowest BCUT2D eigenvalue weighted by Gasteiger charge is -2.30. The summed E-state index contributed by atoms with van der Waals surface area (Å²) in [7, 11) is 0. The van der Waals surface area contributed by atoms with Gasteiger partial charge in [-0.15, -0.1) is 0 Å². The third-order valence-electron chi connectivity index (χ3n) is 5.59. The molecule has 0 aliphatic heterocycles. The van der Waals surface area contributed by atoms with E-state index < -0.39 is 0 Å². The standard InChI is InChI=1S/C25H27FN2O4/c1-4-17(2)28(18(3)29)15-24(30)27(13-19-9-11-21(26)12-10-19)14-20-16-32-23-8-6-5-7-22(23)25(20)31/h5-12,16-17H,4,13-15H2,1-3H3. The quantitative estimate of drug-likeness (QED) is 0.531. The number of hydrogen-bond acceptors (Lipinski definition) is 4. The van der Waals surface area contributed by atoms with Crippen LogP contribution >= 0.6 is 0 Å². The highest BCUT2D eigenvalue weighted by molar-refractivity contribution is 5.84. The molecule has 6 nitrogen and oxygen atoms in total. The van der Waals surface area contributed by atoms with Crippen LogP contribution in [0, 0.1) is 5.82 Å². The van der Waals surface area contributed by atoms with Gasteiger partial charge in [-0.2, -0.15) is 0 Å². The Morgan fingerprint density at radius 3 is 2.41 bits per heavy atom. The molecule has 2 aromatic carbocycles. The van der Waals surface area contributed by atoms with Gasteiger partial charge in [0.1, 0.15) is 11.4 Å². The van der Waals surface area contributed by atoms with E-state index in [9.17, 15) is 18.8 Å². The summed E-state index contributed by atoms with van der Waals surface area (Å²) in [5, 5.41) is 0.434. The zero-order valence-electron chi connectivity index (χ0n) is 18.5. The van der Waals surface area contributed by atoms with E-state index in [4.69, 9.17) is 4.42 Å². The van der Waals surface area contributed by atoms with Gasteiger partial charge in [-0.05, 0) is 43.2 Å². The number of carbonyl (C=O) groups excluding carboxylic acids is 2. The highest BCUT2D eigenvalue weighted by Gasteiger charge is 2.24. The van der Waals surface area contributed by atoms with E-state index >= 15 is 0 Å². The summed E-state index contributed by atoms with van der Waals surface area (Å²) in [5.74, 6) is -0.877. The van der Waals surface area contributed by atoms with Crippen molar-refractivity contribution in [2.75, 3.05) is 6.54 Å². The summed E-state index contributed by atoms with van der Waals surface area (Å²) in [6, 6.07) is 12.6. The molecule has 0 saturated heterocycles. The Morgan fingerprint density at radius 1 is 1.06 bits per heavy atom. The van der Waals surface area contributed by atoms with E-state index in [2.05, 4.69) is 0 Å². The maximum atomic E-state index is 13.3. The topological polar surface area (TPSA) is 70.8 Å². The smallest absolute Gasteiger partial charge is 0.242 e. The van der Waals surface area contributed by atoms with Gasteiger partial charge in [0.25, 0.3) is 0 Å². The number of hydrogen-bond donors (Lipinski definition) is 0. The molecule has 2 amide bonds. The number of para-hydroxylation sites is 1. The molecule has 0 aliphatic rings. The normalized spacial score (nSPS) is 11.9. The molecule has 0 aliphatic carbocycles. The van der Waals surface area contributed by atoms with Gasteiger partial charge in [0.05, 0.1) is 30.3 Å². The Hall–Kier alpha value is -3.48. The van der Waals surface area contributed by atoms with Gasteiger partial charge in [0, 0.05) is 19.5 Å². The Morgan fingerprint density at radius 2 is 1.75 bits per heavy atom. The molecule has 0 N–H and O–H groups in total. The lowest BCUT2D eigenvalue weighted by Crippen LogP contribution is -2.45. The van der Waals surface area contributed by atoms with Crippen molar-refractivity contribution in [2.24, 2.45) is 0 Å². The van der Waals surface area contributed by atoms with Gasteiger partial charge in [-0.3, -0.25) is 14.4 Å². The van der Waals surface area contributed by atoms with Crippen molar-refractivity contribution < 1.29 is 18.4 Å². The molecule has 0 fully saturated rings. The maximum Gasteiger partial charge on any atom is 0.242 e. The number of fused-ring (bicyclic) bond motifs is 1. The predicted octanol–water partition coefficient (Wildman–Crippen LogP) is 4.11. The molecule has 1 atom stereocenters. The van der Waals surface area contributed by atoms with E-state index in [-0.39, 0.29) is 48.7 Å².